The van der Waals surface area contributed by atoms with Crippen LogP contribution in [0.25, 0.3) is 10.9 Å². The molecule has 1 aromatic heterocycles. The normalized spacial score (nSPS) is 19.6. The van der Waals surface area contributed by atoms with Crippen LogP contribution in [0.5, 0.6) is 5.75 Å². The number of amides is 2. The van der Waals surface area contributed by atoms with Gasteiger partial charge in [0.05, 0.1) is 13.2 Å². The molecule has 4 aromatic rings. The van der Waals surface area contributed by atoms with Crippen molar-refractivity contribution >= 4 is 22.7 Å². The van der Waals surface area contributed by atoms with Gasteiger partial charge in [0.1, 0.15) is 18.3 Å². The van der Waals surface area contributed by atoms with Crippen molar-refractivity contribution in [3.8, 4) is 5.75 Å². The van der Waals surface area contributed by atoms with Crippen LogP contribution in [0.2, 0.25) is 0 Å². The van der Waals surface area contributed by atoms with Gasteiger partial charge in [0, 0.05) is 29.6 Å². The Balaban J connectivity index is 1.43. The van der Waals surface area contributed by atoms with E-state index in [1.54, 1.807) is 16.9 Å². The second-order valence-corrected chi connectivity index (χ2v) is 9.44. The highest BCUT2D eigenvalue weighted by Gasteiger charge is 2.48. The molecule has 6 nitrogen and oxygen atoms in total. The number of rotatable bonds is 4. The van der Waals surface area contributed by atoms with E-state index in [0.717, 1.165) is 39.0 Å². The standard InChI is InChI=1S/C29H27N3O3/c1-18-7-9-19(10-8-18)16-31-17-26(33)32-25(29(31)34)15-23-22-5-3-4-6-24(22)30-27(23)28(32)20-11-13-21(35-2)14-12-20/h3-14,25,28,30H,15-17H2,1-2H3/t25-,28-/m0/s1. The van der Waals surface area contributed by atoms with Gasteiger partial charge >= 0.3 is 0 Å². The molecule has 35 heavy (non-hydrogen) atoms. The van der Waals surface area contributed by atoms with E-state index < -0.39 is 6.04 Å². The number of carbonyl (C=O) groups excluding carboxylic acids is 2. The summed E-state index contributed by atoms with van der Waals surface area (Å²) in [6, 6.07) is 23.2. The molecule has 1 fully saturated rings. The highest BCUT2D eigenvalue weighted by Crippen LogP contribution is 2.42. The molecule has 1 saturated heterocycles. The lowest BCUT2D eigenvalue weighted by Gasteiger charge is -2.47. The van der Waals surface area contributed by atoms with Gasteiger partial charge < -0.3 is 19.5 Å². The van der Waals surface area contributed by atoms with Crippen molar-refractivity contribution in [1.29, 1.82) is 0 Å². The van der Waals surface area contributed by atoms with Gasteiger partial charge in [-0.1, -0.05) is 60.2 Å². The number of H-pyrrole nitrogens is 1. The average molecular weight is 466 g/mol. The smallest absolute Gasteiger partial charge is 0.246 e. The van der Waals surface area contributed by atoms with Crippen LogP contribution in [0.4, 0.5) is 0 Å². The molecular formula is C29H27N3O3. The molecule has 6 heteroatoms. The molecule has 2 aliphatic rings. The van der Waals surface area contributed by atoms with E-state index in [1.165, 1.54) is 5.56 Å². The van der Waals surface area contributed by atoms with Gasteiger partial charge in [0.25, 0.3) is 0 Å². The van der Waals surface area contributed by atoms with Crippen LogP contribution in [0.1, 0.15) is 34.0 Å². The van der Waals surface area contributed by atoms with Crippen molar-refractivity contribution in [3.05, 3.63) is 101 Å². The van der Waals surface area contributed by atoms with Crippen LogP contribution in [0.3, 0.4) is 0 Å². The monoisotopic (exact) mass is 465 g/mol. The zero-order chi connectivity index (χ0) is 24.1. The Labute approximate surface area is 204 Å². The van der Waals surface area contributed by atoms with Gasteiger partial charge in [-0.2, -0.15) is 0 Å². The van der Waals surface area contributed by atoms with E-state index in [4.69, 9.17) is 4.74 Å². The number of aryl methyl sites for hydroxylation is 1. The lowest BCUT2D eigenvalue weighted by Crippen LogP contribution is -2.62. The number of nitrogens with one attached hydrogen (secondary N) is 1. The first kappa shape index (κ1) is 21.5. The third-order valence-corrected chi connectivity index (χ3v) is 7.27. The zero-order valence-corrected chi connectivity index (χ0v) is 19.8. The summed E-state index contributed by atoms with van der Waals surface area (Å²) < 4.78 is 5.35. The third kappa shape index (κ3) is 3.57. The third-order valence-electron chi connectivity index (χ3n) is 7.27. The fraction of sp³-hybridized carbons (Fsp3) is 0.241. The minimum Gasteiger partial charge on any atom is -0.497 e. The number of nitrogens with zero attached hydrogens (tertiary/aromatic N) is 2. The van der Waals surface area contributed by atoms with Crippen LogP contribution in [0.15, 0.2) is 72.8 Å². The molecule has 2 aliphatic heterocycles. The van der Waals surface area contributed by atoms with E-state index in [2.05, 4.69) is 11.1 Å². The second kappa shape index (κ2) is 8.31. The largest absolute Gasteiger partial charge is 0.497 e. The number of para-hydroxylation sites is 1. The van der Waals surface area contributed by atoms with Crippen molar-refractivity contribution in [1.82, 2.24) is 14.8 Å². The molecule has 3 aromatic carbocycles. The number of hydrogen-bond acceptors (Lipinski definition) is 3. The SMILES string of the molecule is COc1ccc([C@H]2c3[nH]c4ccccc4c3C[C@H]3C(=O)N(Cc4ccc(C)cc4)CC(=O)N23)cc1. The van der Waals surface area contributed by atoms with Crippen LogP contribution in [-0.2, 0) is 22.6 Å². The van der Waals surface area contributed by atoms with Gasteiger partial charge in [-0.25, -0.2) is 0 Å². The molecule has 1 N–H and O–H groups in total. The number of ether oxygens (including phenoxy) is 1. The van der Waals surface area contributed by atoms with E-state index in [-0.39, 0.29) is 24.4 Å². The maximum absolute atomic E-state index is 13.8. The summed E-state index contributed by atoms with van der Waals surface area (Å²) in [6.45, 7) is 2.55. The Morgan fingerprint density at radius 1 is 0.971 bits per heavy atom. The van der Waals surface area contributed by atoms with Crippen molar-refractivity contribution in [2.45, 2.75) is 32.0 Å². The van der Waals surface area contributed by atoms with Gasteiger partial charge in [-0.3, -0.25) is 9.59 Å². The summed E-state index contributed by atoms with van der Waals surface area (Å²) in [6.07, 6.45) is 0.501. The average Bonchev–Trinajstić information content (AvgIpc) is 3.26. The minimum absolute atomic E-state index is 0.000354. The zero-order valence-electron chi connectivity index (χ0n) is 19.8. The minimum atomic E-state index is -0.541. The summed E-state index contributed by atoms with van der Waals surface area (Å²) in [7, 11) is 1.64. The molecule has 0 aliphatic carbocycles. The maximum atomic E-state index is 13.8. The van der Waals surface area contributed by atoms with Gasteiger partial charge in [-0.05, 0) is 41.8 Å². The summed E-state index contributed by atoms with van der Waals surface area (Å²) in [4.78, 5) is 34.6. The number of fused-ring (bicyclic) bond motifs is 4. The lowest BCUT2D eigenvalue weighted by atomic mass is 9.86. The molecule has 0 saturated carbocycles. The summed E-state index contributed by atoms with van der Waals surface area (Å²) >= 11 is 0. The van der Waals surface area contributed by atoms with Crippen LogP contribution in [0, 0.1) is 6.92 Å². The molecule has 0 spiro atoms. The van der Waals surface area contributed by atoms with Crippen molar-refractivity contribution in [2.75, 3.05) is 13.7 Å². The van der Waals surface area contributed by atoms with E-state index >= 15 is 0 Å². The lowest BCUT2D eigenvalue weighted by molar-refractivity contribution is -0.159. The van der Waals surface area contributed by atoms with Crippen LogP contribution < -0.4 is 4.74 Å². The van der Waals surface area contributed by atoms with Gasteiger partial charge in [0.2, 0.25) is 11.8 Å². The number of aromatic nitrogens is 1. The highest BCUT2D eigenvalue weighted by atomic mass is 16.5. The molecule has 2 amide bonds. The quantitative estimate of drug-likeness (QED) is 0.487. The van der Waals surface area contributed by atoms with Crippen LogP contribution in [-0.4, -0.2) is 46.3 Å². The first-order valence-corrected chi connectivity index (χ1v) is 11.9. The Morgan fingerprint density at radius 2 is 1.71 bits per heavy atom. The van der Waals surface area contributed by atoms with Crippen LogP contribution >= 0.6 is 0 Å². The topological polar surface area (TPSA) is 65.6 Å². The number of aromatic amines is 1. The molecule has 176 valence electrons. The van der Waals surface area contributed by atoms with Crippen molar-refractivity contribution < 1.29 is 14.3 Å². The van der Waals surface area contributed by atoms with E-state index in [0.29, 0.717) is 13.0 Å². The first-order chi connectivity index (χ1) is 17.0. The predicted molar refractivity (Wildman–Crippen MR) is 134 cm³/mol. The van der Waals surface area contributed by atoms with Gasteiger partial charge in [-0.15, -0.1) is 0 Å². The Kier molecular flexibility index (Phi) is 5.10. The number of methoxy groups -OCH3 is 1. The van der Waals surface area contributed by atoms with Crippen molar-refractivity contribution in [3.63, 3.8) is 0 Å². The Hall–Kier alpha value is -4.06. The first-order valence-electron chi connectivity index (χ1n) is 11.9. The summed E-state index contributed by atoms with van der Waals surface area (Å²) in [5.74, 6) is 0.717. The van der Waals surface area contributed by atoms with Crippen molar-refractivity contribution in [2.24, 2.45) is 0 Å². The number of piperazine rings is 1. The van der Waals surface area contributed by atoms with E-state index in [1.807, 2.05) is 73.7 Å². The summed E-state index contributed by atoms with van der Waals surface area (Å²) in [5, 5.41) is 1.11. The highest BCUT2D eigenvalue weighted by molar-refractivity contribution is 5.97. The Morgan fingerprint density at radius 3 is 2.46 bits per heavy atom. The molecule has 3 heterocycles. The number of hydrogen-bond donors (Lipinski definition) is 1. The molecule has 0 bridgehead atoms. The molecule has 6 rings (SSSR count). The molecule has 0 radical (unpaired) electrons. The molecule has 0 unspecified atom stereocenters. The fourth-order valence-electron chi connectivity index (χ4n) is 5.50. The fourth-order valence-corrected chi connectivity index (χ4v) is 5.50. The Bertz CT molecular complexity index is 1420. The summed E-state index contributed by atoms with van der Waals surface area (Å²) in [5.41, 5.74) is 6.27. The van der Waals surface area contributed by atoms with Gasteiger partial charge in [0.15, 0.2) is 0 Å². The number of benzene rings is 3. The molecule has 2 atom stereocenters. The molecular weight excluding hydrogens is 438 g/mol. The van der Waals surface area contributed by atoms with E-state index in [9.17, 15) is 9.59 Å². The number of carbonyl (C=O) groups is 2. The maximum Gasteiger partial charge on any atom is 0.246 e. The predicted octanol–water partition coefficient (Wildman–Crippen LogP) is 4.37. The second-order valence-electron chi connectivity index (χ2n) is 9.44.